The summed E-state index contributed by atoms with van der Waals surface area (Å²) in [4.78, 5) is 23.4. The molecule has 0 fully saturated rings. The molecule has 0 atom stereocenters. The van der Waals surface area contributed by atoms with Gasteiger partial charge in [-0.3, -0.25) is 9.59 Å². The van der Waals surface area contributed by atoms with Crippen LogP contribution in [0.15, 0.2) is 53.0 Å². The van der Waals surface area contributed by atoms with Crippen LogP contribution in [-0.4, -0.2) is 18.4 Å². The lowest BCUT2D eigenvalue weighted by atomic mass is 10.2. The highest BCUT2D eigenvalue weighted by Crippen LogP contribution is 2.19. The number of amides is 2. The van der Waals surface area contributed by atoms with E-state index in [1.807, 2.05) is 0 Å². The van der Waals surface area contributed by atoms with Gasteiger partial charge in [0.1, 0.15) is 5.82 Å². The molecule has 0 radical (unpaired) electrons. The lowest BCUT2D eigenvalue weighted by molar-refractivity contribution is -0.115. The van der Waals surface area contributed by atoms with Crippen molar-refractivity contribution in [2.75, 3.05) is 11.9 Å². The molecule has 6 heteroatoms. The summed E-state index contributed by atoms with van der Waals surface area (Å²) in [6.45, 7) is -0.189. The summed E-state index contributed by atoms with van der Waals surface area (Å²) in [7, 11) is 0. The minimum Gasteiger partial charge on any atom is -0.343 e. The monoisotopic (exact) mass is 350 g/mol. The molecule has 0 aliphatic carbocycles. The highest BCUT2D eigenvalue weighted by atomic mass is 79.9. The van der Waals surface area contributed by atoms with Crippen molar-refractivity contribution in [2.45, 2.75) is 0 Å². The Morgan fingerprint density at radius 1 is 1.10 bits per heavy atom. The minimum absolute atomic E-state index is 0.189. The Morgan fingerprint density at radius 3 is 2.48 bits per heavy atom. The maximum absolute atomic E-state index is 13.3. The van der Waals surface area contributed by atoms with Crippen molar-refractivity contribution in [3.05, 3.63) is 64.4 Å². The molecule has 0 bridgehead atoms. The summed E-state index contributed by atoms with van der Waals surface area (Å²) in [5.74, 6) is -1.24. The summed E-state index contributed by atoms with van der Waals surface area (Å²) in [6.07, 6.45) is 0. The molecule has 0 aliphatic heterocycles. The molecule has 108 valence electrons. The number of rotatable bonds is 4. The Hall–Kier alpha value is -2.21. The van der Waals surface area contributed by atoms with E-state index in [4.69, 9.17) is 0 Å². The summed E-state index contributed by atoms with van der Waals surface area (Å²) in [5.41, 5.74) is 0.801. The molecule has 2 N–H and O–H groups in total. The van der Waals surface area contributed by atoms with E-state index in [1.54, 1.807) is 36.4 Å². The molecule has 2 rings (SSSR count). The largest absolute Gasteiger partial charge is 0.343 e. The fourth-order valence-corrected chi connectivity index (χ4v) is 1.88. The van der Waals surface area contributed by atoms with Gasteiger partial charge < -0.3 is 10.6 Å². The second-order valence-corrected chi connectivity index (χ2v) is 5.08. The Kier molecular flexibility index (Phi) is 5.05. The van der Waals surface area contributed by atoms with E-state index in [0.29, 0.717) is 15.7 Å². The zero-order chi connectivity index (χ0) is 15.2. The summed E-state index contributed by atoms with van der Waals surface area (Å²) in [5, 5.41) is 4.99. The van der Waals surface area contributed by atoms with Gasteiger partial charge >= 0.3 is 0 Å². The Balaban J connectivity index is 1.87. The van der Waals surface area contributed by atoms with Gasteiger partial charge in [0.25, 0.3) is 5.91 Å². The highest BCUT2D eigenvalue weighted by molar-refractivity contribution is 9.10. The van der Waals surface area contributed by atoms with Crippen LogP contribution in [-0.2, 0) is 4.79 Å². The number of hydrogen-bond acceptors (Lipinski definition) is 2. The van der Waals surface area contributed by atoms with Crippen LogP contribution in [0, 0.1) is 5.82 Å². The lowest BCUT2D eigenvalue weighted by Crippen LogP contribution is -2.32. The van der Waals surface area contributed by atoms with Crippen molar-refractivity contribution in [3.8, 4) is 0 Å². The maximum atomic E-state index is 13.3. The smallest absolute Gasteiger partial charge is 0.251 e. The molecule has 0 saturated carbocycles. The van der Waals surface area contributed by atoms with Crippen LogP contribution in [0.25, 0.3) is 0 Å². The van der Waals surface area contributed by atoms with Crippen LogP contribution >= 0.6 is 15.9 Å². The van der Waals surface area contributed by atoms with Gasteiger partial charge in [-0.1, -0.05) is 18.2 Å². The third kappa shape index (κ3) is 4.39. The molecular formula is C15H12BrFN2O2. The van der Waals surface area contributed by atoms with Crippen molar-refractivity contribution in [3.63, 3.8) is 0 Å². The SMILES string of the molecule is O=C(CNC(=O)c1ccccc1)Nc1ccc(Br)c(F)c1. The third-order valence-electron chi connectivity index (χ3n) is 2.65. The number of anilines is 1. The Bertz CT molecular complexity index is 662. The van der Waals surface area contributed by atoms with Gasteiger partial charge in [-0.15, -0.1) is 0 Å². The quantitative estimate of drug-likeness (QED) is 0.890. The summed E-state index contributed by atoms with van der Waals surface area (Å²) >= 11 is 3.03. The van der Waals surface area contributed by atoms with Crippen LogP contribution in [0.2, 0.25) is 0 Å². The van der Waals surface area contributed by atoms with Crippen molar-refractivity contribution >= 4 is 33.4 Å². The fourth-order valence-electron chi connectivity index (χ4n) is 1.63. The van der Waals surface area contributed by atoms with Crippen molar-refractivity contribution < 1.29 is 14.0 Å². The highest BCUT2D eigenvalue weighted by Gasteiger charge is 2.08. The maximum Gasteiger partial charge on any atom is 0.251 e. The van der Waals surface area contributed by atoms with E-state index < -0.39 is 11.7 Å². The van der Waals surface area contributed by atoms with E-state index in [1.165, 1.54) is 12.1 Å². The molecule has 2 amide bonds. The zero-order valence-electron chi connectivity index (χ0n) is 10.9. The molecule has 0 heterocycles. The van der Waals surface area contributed by atoms with Crippen LogP contribution in [0.4, 0.5) is 10.1 Å². The molecule has 2 aromatic rings. The molecule has 0 spiro atoms. The zero-order valence-corrected chi connectivity index (χ0v) is 12.5. The lowest BCUT2D eigenvalue weighted by Gasteiger charge is -2.07. The number of nitrogens with one attached hydrogen (secondary N) is 2. The average Bonchev–Trinajstić information content (AvgIpc) is 2.49. The van der Waals surface area contributed by atoms with Gasteiger partial charge in [-0.25, -0.2) is 4.39 Å². The predicted molar refractivity (Wildman–Crippen MR) is 81.5 cm³/mol. The van der Waals surface area contributed by atoms with Crippen LogP contribution < -0.4 is 10.6 Å². The number of halogens is 2. The molecule has 0 aromatic heterocycles. The Morgan fingerprint density at radius 2 is 1.81 bits per heavy atom. The van der Waals surface area contributed by atoms with E-state index in [-0.39, 0.29) is 12.5 Å². The van der Waals surface area contributed by atoms with Crippen molar-refractivity contribution in [1.29, 1.82) is 0 Å². The first-order valence-corrected chi connectivity index (χ1v) is 6.94. The third-order valence-corrected chi connectivity index (χ3v) is 3.29. The predicted octanol–water partition coefficient (Wildman–Crippen LogP) is 2.96. The van der Waals surface area contributed by atoms with E-state index in [2.05, 4.69) is 26.6 Å². The van der Waals surface area contributed by atoms with Gasteiger partial charge in [0.15, 0.2) is 0 Å². The first-order valence-electron chi connectivity index (χ1n) is 6.14. The second-order valence-electron chi connectivity index (χ2n) is 4.23. The molecule has 0 saturated heterocycles. The molecular weight excluding hydrogens is 339 g/mol. The van der Waals surface area contributed by atoms with Gasteiger partial charge in [0, 0.05) is 11.3 Å². The second kappa shape index (κ2) is 6.99. The standard InChI is InChI=1S/C15H12BrFN2O2/c16-12-7-6-11(8-13(12)17)19-14(20)9-18-15(21)10-4-2-1-3-5-10/h1-8H,9H2,(H,18,21)(H,19,20). The molecule has 4 nitrogen and oxygen atoms in total. The van der Waals surface area contributed by atoms with E-state index in [0.717, 1.165) is 0 Å². The first kappa shape index (κ1) is 15.2. The molecule has 21 heavy (non-hydrogen) atoms. The fraction of sp³-hybridized carbons (Fsp3) is 0.0667. The van der Waals surface area contributed by atoms with E-state index in [9.17, 15) is 14.0 Å². The molecule has 0 unspecified atom stereocenters. The van der Waals surface area contributed by atoms with Crippen molar-refractivity contribution in [1.82, 2.24) is 5.32 Å². The summed E-state index contributed by atoms with van der Waals surface area (Å²) < 4.78 is 13.6. The van der Waals surface area contributed by atoms with Gasteiger partial charge in [-0.2, -0.15) is 0 Å². The Labute approximate surface area is 129 Å². The number of carbonyl (C=O) groups is 2. The summed E-state index contributed by atoms with van der Waals surface area (Å²) in [6, 6.07) is 12.8. The number of carbonyl (C=O) groups excluding carboxylic acids is 2. The topological polar surface area (TPSA) is 58.2 Å². The number of benzene rings is 2. The van der Waals surface area contributed by atoms with Crippen LogP contribution in [0.1, 0.15) is 10.4 Å². The van der Waals surface area contributed by atoms with Gasteiger partial charge in [-0.05, 0) is 46.3 Å². The van der Waals surface area contributed by atoms with Gasteiger partial charge in [0.2, 0.25) is 5.91 Å². The van der Waals surface area contributed by atoms with Crippen LogP contribution in [0.3, 0.4) is 0 Å². The molecule has 0 aliphatic rings. The van der Waals surface area contributed by atoms with Crippen LogP contribution in [0.5, 0.6) is 0 Å². The first-order chi connectivity index (χ1) is 10.1. The normalized spacial score (nSPS) is 10.0. The van der Waals surface area contributed by atoms with Crippen molar-refractivity contribution in [2.24, 2.45) is 0 Å². The van der Waals surface area contributed by atoms with Gasteiger partial charge in [0.05, 0.1) is 11.0 Å². The van der Waals surface area contributed by atoms with E-state index >= 15 is 0 Å². The number of hydrogen-bond donors (Lipinski definition) is 2. The minimum atomic E-state index is -0.471. The average molecular weight is 351 g/mol. The molecule has 2 aromatic carbocycles.